The predicted molar refractivity (Wildman–Crippen MR) is 120 cm³/mol. The summed E-state index contributed by atoms with van der Waals surface area (Å²) in [5.41, 5.74) is -2.27. The molecule has 0 aliphatic heterocycles. The van der Waals surface area contributed by atoms with Crippen LogP contribution < -0.4 is 0 Å². The van der Waals surface area contributed by atoms with Gasteiger partial charge in [0.15, 0.2) is 0 Å². The van der Waals surface area contributed by atoms with Crippen molar-refractivity contribution in [3.05, 3.63) is 70.4 Å². The van der Waals surface area contributed by atoms with Crippen molar-refractivity contribution in [1.29, 1.82) is 0 Å². The van der Waals surface area contributed by atoms with Crippen LogP contribution in [0.4, 0.5) is 0 Å². The maximum Gasteiger partial charge on any atom is 0.367 e. The third-order valence-corrected chi connectivity index (χ3v) is 5.07. The van der Waals surface area contributed by atoms with Gasteiger partial charge in [0.2, 0.25) is 5.78 Å². The van der Waals surface area contributed by atoms with Gasteiger partial charge in [-0.3, -0.25) is 9.59 Å². The van der Waals surface area contributed by atoms with Crippen molar-refractivity contribution in [2.24, 2.45) is 0 Å². The predicted octanol–water partition coefficient (Wildman–Crippen LogP) is 3.94. The van der Waals surface area contributed by atoms with E-state index in [0.29, 0.717) is 15.9 Å². The number of hydrogen-bond acceptors (Lipinski definition) is 7. The normalized spacial score (nSPS) is 11.2. The number of esters is 3. The lowest BCUT2D eigenvalue weighted by atomic mass is 9.88. The van der Waals surface area contributed by atoms with Gasteiger partial charge in [-0.15, -0.1) is 0 Å². The summed E-state index contributed by atoms with van der Waals surface area (Å²) in [5.74, 6) is -3.84. The van der Waals surface area contributed by atoms with Crippen LogP contribution in [0.1, 0.15) is 42.4 Å². The maximum absolute atomic E-state index is 13.5. The fourth-order valence-electron chi connectivity index (χ4n) is 3.53. The number of carbonyl (C=O) groups excluding carboxylic acids is 4. The van der Waals surface area contributed by atoms with E-state index in [2.05, 4.69) is 4.98 Å². The molecule has 1 N–H and O–H groups in total. The third kappa shape index (κ3) is 4.47. The molecule has 0 unspecified atom stereocenters. The highest BCUT2D eigenvalue weighted by Gasteiger charge is 2.57. The zero-order valence-corrected chi connectivity index (χ0v) is 19.0. The van der Waals surface area contributed by atoms with Crippen LogP contribution in [0.25, 0.3) is 10.9 Å². The molecular weight excluding hydrogens is 450 g/mol. The first-order chi connectivity index (χ1) is 15.8. The number of carbonyl (C=O) groups is 4. The summed E-state index contributed by atoms with van der Waals surface area (Å²) in [6.45, 7) is 3.91. The molecule has 3 rings (SSSR count). The molecule has 3 aromatic rings. The summed E-state index contributed by atoms with van der Waals surface area (Å²) in [6, 6.07) is 12.7. The van der Waals surface area contributed by atoms with Gasteiger partial charge >= 0.3 is 23.5 Å². The van der Waals surface area contributed by atoms with E-state index in [4.69, 9.17) is 25.8 Å². The van der Waals surface area contributed by atoms with Gasteiger partial charge < -0.3 is 19.2 Å². The summed E-state index contributed by atoms with van der Waals surface area (Å²) in [7, 11) is 0. The first kappa shape index (κ1) is 24.0. The molecule has 0 bridgehead atoms. The standard InChI is InChI=1S/C24H22ClNO7/c1-4-31-22(29)24(33-14(3)27,23(30)32-5-2)19-17-8-6-7-9-18(17)26-20(19)21(28)15-10-12-16(25)13-11-15/h6-13,26H,4-5H2,1-3H3. The van der Waals surface area contributed by atoms with Crippen LogP contribution in [0.15, 0.2) is 48.5 Å². The molecule has 0 aliphatic rings. The number of H-pyrrole nitrogens is 1. The number of rotatable bonds is 8. The first-order valence-corrected chi connectivity index (χ1v) is 10.6. The number of para-hydroxylation sites is 1. The molecule has 0 spiro atoms. The second kappa shape index (κ2) is 9.87. The molecule has 1 heterocycles. The highest BCUT2D eigenvalue weighted by molar-refractivity contribution is 6.30. The van der Waals surface area contributed by atoms with Crippen molar-refractivity contribution < 1.29 is 33.4 Å². The average molecular weight is 472 g/mol. The molecule has 0 saturated carbocycles. The Kier molecular flexibility index (Phi) is 7.18. The molecule has 0 amide bonds. The van der Waals surface area contributed by atoms with Gasteiger partial charge in [0.25, 0.3) is 0 Å². The Hall–Kier alpha value is -3.65. The smallest absolute Gasteiger partial charge is 0.367 e. The SMILES string of the molecule is CCOC(=O)C(OC(C)=O)(C(=O)OCC)c1c(C(=O)c2ccc(Cl)cc2)[nH]c2ccccc12. The summed E-state index contributed by atoms with van der Waals surface area (Å²) < 4.78 is 15.7. The van der Waals surface area contributed by atoms with Gasteiger partial charge in [-0.05, 0) is 44.2 Å². The molecule has 33 heavy (non-hydrogen) atoms. The zero-order chi connectivity index (χ0) is 24.2. The summed E-state index contributed by atoms with van der Waals surface area (Å²) in [5, 5.41) is 0.743. The third-order valence-electron chi connectivity index (χ3n) is 4.81. The molecule has 0 radical (unpaired) electrons. The highest BCUT2D eigenvalue weighted by Crippen LogP contribution is 2.39. The lowest BCUT2D eigenvalue weighted by molar-refractivity contribution is -0.197. The van der Waals surface area contributed by atoms with E-state index in [-0.39, 0.29) is 30.0 Å². The van der Waals surface area contributed by atoms with Crippen LogP contribution in [-0.2, 0) is 34.2 Å². The lowest BCUT2D eigenvalue weighted by Gasteiger charge is -2.29. The van der Waals surface area contributed by atoms with Gasteiger partial charge in [-0.25, -0.2) is 9.59 Å². The second-order valence-electron chi connectivity index (χ2n) is 6.97. The zero-order valence-electron chi connectivity index (χ0n) is 18.3. The number of ether oxygens (including phenoxy) is 3. The Morgan fingerprint density at radius 2 is 1.48 bits per heavy atom. The maximum atomic E-state index is 13.5. The van der Waals surface area contributed by atoms with E-state index in [1.807, 2.05) is 0 Å². The molecule has 1 aromatic heterocycles. The molecule has 0 aliphatic carbocycles. The van der Waals surface area contributed by atoms with E-state index in [9.17, 15) is 19.2 Å². The minimum Gasteiger partial charge on any atom is -0.462 e. The minimum absolute atomic E-state index is 0.107. The van der Waals surface area contributed by atoms with Gasteiger partial charge in [0.05, 0.1) is 24.5 Å². The molecular formula is C24H22ClNO7. The van der Waals surface area contributed by atoms with E-state index in [1.165, 1.54) is 38.1 Å². The van der Waals surface area contributed by atoms with Crippen LogP contribution in [0.5, 0.6) is 0 Å². The van der Waals surface area contributed by atoms with E-state index in [0.717, 1.165) is 6.92 Å². The Morgan fingerprint density at radius 1 is 0.909 bits per heavy atom. The summed E-state index contributed by atoms with van der Waals surface area (Å²) in [6.07, 6.45) is 0. The van der Waals surface area contributed by atoms with E-state index in [1.54, 1.807) is 24.3 Å². The van der Waals surface area contributed by atoms with Crippen molar-refractivity contribution in [3.63, 3.8) is 0 Å². The number of ketones is 1. The van der Waals surface area contributed by atoms with Crippen LogP contribution >= 0.6 is 11.6 Å². The van der Waals surface area contributed by atoms with Crippen molar-refractivity contribution in [1.82, 2.24) is 4.98 Å². The number of hydrogen-bond donors (Lipinski definition) is 1. The van der Waals surface area contributed by atoms with E-state index >= 15 is 0 Å². The summed E-state index contributed by atoms with van der Waals surface area (Å²) in [4.78, 5) is 55.2. The van der Waals surface area contributed by atoms with Gasteiger partial charge in [-0.1, -0.05) is 29.8 Å². The quantitative estimate of drug-likeness (QED) is 0.229. The number of aromatic nitrogens is 1. The Bertz CT molecular complexity index is 1200. The van der Waals surface area contributed by atoms with Crippen molar-refractivity contribution in [2.75, 3.05) is 13.2 Å². The Labute approximate surface area is 194 Å². The van der Waals surface area contributed by atoms with Crippen LogP contribution in [0, 0.1) is 0 Å². The topological polar surface area (TPSA) is 112 Å². The summed E-state index contributed by atoms with van der Waals surface area (Å²) >= 11 is 5.94. The molecule has 0 fully saturated rings. The van der Waals surface area contributed by atoms with Gasteiger partial charge in [-0.2, -0.15) is 0 Å². The molecule has 0 atom stereocenters. The number of aromatic amines is 1. The fraction of sp³-hybridized carbons (Fsp3) is 0.250. The molecule has 0 saturated heterocycles. The molecule has 172 valence electrons. The van der Waals surface area contributed by atoms with Gasteiger partial charge in [0.1, 0.15) is 0 Å². The van der Waals surface area contributed by atoms with Crippen molar-refractivity contribution in [2.45, 2.75) is 26.4 Å². The Morgan fingerprint density at radius 3 is 2.03 bits per heavy atom. The number of halogens is 1. The molecule has 8 nitrogen and oxygen atoms in total. The number of nitrogens with one attached hydrogen (secondary N) is 1. The molecule has 2 aromatic carbocycles. The lowest BCUT2D eigenvalue weighted by Crippen LogP contribution is -2.50. The van der Waals surface area contributed by atoms with Crippen molar-refractivity contribution in [3.8, 4) is 0 Å². The van der Waals surface area contributed by atoms with Crippen molar-refractivity contribution >= 4 is 46.2 Å². The fourth-order valence-corrected chi connectivity index (χ4v) is 3.65. The van der Waals surface area contributed by atoms with Crippen LogP contribution in [-0.4, -0.2) is 41.9 Å². The minimum atomic E-state index is -2.66. The largest absolute Gasteiger partial charge is 0.462 e. The van der Waals surface area contributed by atoms with Crippen LogP contribution in [0.2, 0.25) is 5.02 Å². The number of benzene rings is 2. The van der Waals surface area contributed by atoms with Gasteiger partial charge in [0, 0.05) is 28.4 Å². The number of fused-ring (bicyclic) bond motifs is 1. The monoisotopic (exact) mass is 471 g/mol. The highest BCUT2D eigenvalue weighted by atomic mass is 35.5. The average Bonchev–Trinajstić information content (AvgIpc) is 3.17. The van der Waals surface area contributed by atoms with E-state index < -0.39 is 29.3 Å². The second-order valence-corrected chi connectivity index (χ2v) is 7.41. The first-order valence-electron chi connectivity index (χ1n) is 10.2. The van der Waals surface area contributed by atoms with Crippen LogP contribution in [0.3, 0.4) is 0 Å². The Balaban J connectivity index is 2.40. The molecule has 9 heteroatoms.